The standard InChI is InChI=1S/C29H38O8/c1-15-17(35-6)13-29(34)24(37-25(33)16-10-8-7-9-11-16)22-27(4)14-36-19(27)12-18(30)28(22,5)23(32)21(31)20(15)26(29,2)3/h7-11,17-19,21-22,24,30-31,34H,12-14H2,1-6H3/t17-,18-,19?,21+,22?,24-,27+,28?,29+/m0/s1. The molecule has 0 amide bonds. The molecular weight excluding hydrogens is 476 g/mol. The van der Waals surface area contributed by atoms with Gasteiger partial charge in [0, 0.05) is 36.7 Å². The Morgan fingerprint density at radius 2 is 1.76 bits per heavy atom. The molecule has 2 bridgehead atoms. The number of carbonyl (C=O) groups excluding carboxylic acids is 2. The molecule has 1 saturated heterocycles. The van der Waals surface area contributed by atoms with Gasteiger partial charge in [0.05, 0.1) is 35.9 Å². The Morgan fingerprint density at radius 3 is 2.32 bits per heavy atom. The van der Waals surface area contributed by atoms with Crippen LogP contribution in [0.25, 0.3) is 0 Å². The molecule has 1 heterocycles. The fraction of sp³-hybridized carbons (Fsp3) is 0.655. The van der Waals surface area contributed by atoms with Crippen molar-refractivity contribution in [2.45, 2.75) is 83.6 Å². The quantitative estimate of drug-likeness (QED) is 0.415. The summed E-state index contributed by atoms with van der Waals surface area (Å²) < 4.78 is 17.8. The molecule has 0 aromatic heterocycles. The van der Waals surface area contributed by atoms with Crippen molar-refractivity contribution in [1.29, 1.82) is 0 Å². The number of benzene rings is 1. The van der Waals surface area contributed by atoms with E-state index in [1.165, 1.54) is 7.11 Å². The summed E-state index contributed by atoms with van der Waals surface area (Å²) in [4.78, 5) is 27.8. The second kappa shape index (κ2) is 8.45. The Labute approximate surface area is 217 Å². The normalized spacial score (nSPS) is 44.6. The van der Waals surface area contributed by atoms with Crippen LogP contribution in [0, 0.1) is 22.2 Å². The molecule has 5 rings (SSSR count). The molecule has 0 spiro atoms. The van der Waals surface area contributed by atoms with E-state index in [1.807, 2.05) is 6.92 Å². The van der Waals surface area contributed by atoms with Gasteiger partial charge in [-0.1, -0.05) is 39.0 Å². The second-order valence-corrected chi connectivity index (χ2v) is 12.4. The minimum atomic E-state index is -1.74. The van der Waals surface area contributed by atoms with Gasteiger partial charge in [0.15, 0.2) is 5.78 Å². The zero-order valence-electron chi connectivity index (χ0n) is 22.4. The molecule has 1 aliphatic heterocycles. The molecular formula is C29H38O8. The molecule has 3 aliphatic carbocycles. The van der Waals surface area contributed by atoms with Crippen molar-refractivity contribution >= 4 is 11.8 Å². The second-order valence-electron chi connectivity index (χ2n) is 12.4. The van der Waals surface area contributed by atoms with E-state index in [0.29, 0.717) is 16.7 Å². The summed E-state index contributed by atoms with van der Waals surface area (Å²) in [5.74, 6) is -2.01. The zero-order chi connectivity index (χ0) is 27.1. The predicted octanol–water partition coefficient (Wildman–Crippen LogP) is 2.44. The summed E-state index contributed by atoms with van der Waals surface area (Å²) >= 11 is 0. The number of ketones is 1. The lowest BCUT2D eigenvalue weighted by molar-refractivity contribution is -0.313. The van der Waals surface area contributed by atoms with Gasteiger partial charge in [0.25, 0.3) is 0 Å². The number of Topliss-reactive ketones (excluding diaryl/α,β-unsaturated/α-hetero) is 1. The number of esters is 1. The summed E-state index contributed by atoms with van der Waals surface area (Å²) in [7, 11) is 1.51. The van der Waals surface area contributed by atoms with Gasteiger partial charge in [0.1, 0.15) is 17.8 Å². The van der Waals surface area contributed by atoms with Crippen LogP contribution in [0.2, 0.25) is 0 Å². The topological polar surface area (TPSA) is 123 Å². The molecule has 3 N–H and O–H groups in total. The highest BCUT2D eigenvalue weighted by molar-refractivity contribution is 5.93. The third-order valence-corrected chi connectivity index (χ3v) is 10.3. The third kappa shape index (κ3) is 3.32. The highest BCUT2D eigenvalue weighted by atomic mass is 16.6. The largest absolute Gasteiger partial charge is 0.455 e. The first-order valence-corrected chi connectivity index (χ1v) is 13.0. The highest BCUT2D eigenvalue weighted by Crippen LogP contribution is 2.65. The van der Waals surface area contributed by atoms with E-state index in [2.05, 4.69) is 0 Å². The Kier molecular flexibility index (Phi) is 6.05. The first kappa shape index (κ1) is 26.5. The number of rotatable bonds is 3. The fourth-order valence-corrected chi connectivity index (χ4v) is 7.91. The lowest BCUT2D eigenvalue weighted by Crippen LogP contribution is -2.77. The van der Waals surface area contributed by atoms with Crippen LogP contribution in [-0.2, 0) is 19.0 Å². The Bertz CT molecular complexity index is 1140. The maximum atomic E-state index is 14.3. The summed E-state index contributed by atoms with van der Waals surface area (Å²) in [6.07, 6.45) is -4.62. The van der Waals surface area contributed by atoms with Gasteiger partial charge in [-0.05, 0) is 37.1 Å². The van der Waals surface area contributed by atoms with Crippen molar-refractivity contribution in [3.63, 3.8) is 0 Å². The van der Waals surface area contributed by atoms with Crippen molar-refractivity contribution in [2.24, 2.45) is 22.2 Å². The van der Waals surface area contributed by atoms with E-state index >= 15 is 0 Å². The Hall–Kier alpha value is -2.10. The number of hydrogen-bond donors (Lipinski definition) is 3. The van der Waals surface area contributed by atoms with Crippen LogP contribution in [0.1, 0.15) is 57.8 Å². The van der Waals surface area contributed by atoms with Gasteiger partial charge in [-0.3, -0.25) is 4.79 Å². The SMILES string of the molecule is CO[C@H]1C[C@@]2(O)[C@@H](OC(=O)c3ccccc3)C3C(C)(C(=O)[C@H](O)C(=C1C)C2(C)C)[C@@H](O)CC1OC[C@]13C. The molecule has 1 aromatic rings. The number of aliphatic hydroxyl groups is 3. The van der Waals surface area contributed by atoms with Gasteiger partial charge in [-0.2, -0.15) is 0 Å². The van der Waals surface area contributed by atoms with Crippen molar-refractivity contribution < 1.29 is 39.1 Å². The molecule has 37 heavy (non-hydrogen) atoms. The Balaban J connectivity index is 1.79. The van der Waals surface area contributed by atoms with E-state index in [1.54, 1.807) is 58.0 Å². The molecule has 1 aromatic carbocycles. The van der Waals surface area contributed by atoms with Gasteiger partial charge >= 0.3 is 5.97 Å². The average Bonchev–Trinajstić information content (AvgIpc) is 2.86. The van der Waals surface area contributed by atoms with Gasteiger partial charge in [-0.25, -0.2) is 4.79 Å². The van der Waals surface area contributed by atoms with E-state index in [-0.39, 0.29) is 25.6 Å². The lowest BCUT2D eigenvalue weighted by atomic mass is 9.42. The summed E-state index contributed by atoms with van der Waals surface area (Å²) in [6.45, 7) is 9.21. The van der Waals surface area contributed by atoms with Crippen molar-refractivity contribution in [3.8, 4) is 0 Å². The van der Waals surface area contributed by atoms with Gasteiger partial charge in [0.2, 0.25) is 0 Å². The van der Waals surface area contributed by atoms with E-state index in [4.69, 9.17) is 14.2 Å². The first-order chi connectivity index (χ1) is 17.2. The minimum absolute atomic E-state index is 0.0871. The molecule has 8 nitrogen and oxygen atoms in total. The number of aliphatic hydroxyl groups excluding tert-OH is 2. The van der Waals surface area contributed by atoms with Crippen LogP contribution in [-0.4, -0.2) is 76.9 Å². The van der Waals surface area contributed by atoms with Crippen LogP contribution in [0.4, 0.5) is 0 Å². The summed E-state index contributed by atoms with van der Waals surface area (Å²) in [5, 5.41) is 35.8. The molecule has 3 fully saturated rings. The number of ether oxygens (including phenoxy) is 3. The maximum Gasteiger partial charge on any atom is 0.338 e. The number of carbonyl (C=O) groups is 2. The zero-order valence-corrected chi connectivity index (χ0v) is 22.4. The van der Waals surface area contributed by atoms with E-state index < -0.39 is 63.9 Å². The van der Waals surface area contributed by atoms with E-state index in [9.17, 15) is 24.9 Å². The summed E-state index contributed by atoms with van der Waals surface area (Å²) in [6, 6.07) is 8.51. The lowest BCUT2D eigenvalue weighted by Gasteiger charge is -2.68. The highest BCUT2D eigenvalue weighted by Gasteiger charge is 2.75. The molecule has 4 aliphatic rings. The van der Waals surface area contributed by atoms with Crippen molar-refractivity contribution in [1.82, 2.24) is 0 Å². The minimum Gasteiger partial charge on any atom is -0.455 e. The molecule has 2 saturated carbocycles. The molecule has 202 valence electrons. The predicted molar refractivity (Wildman–Crippen MR) is 134 cm³/mol. The molecule has 0 radical (unpaired) electrons. The average molecular weight is 515 g/mol. The maximum absolute atomic E-state index is 14.3. The number of fused-ring (bicyclic) bond motifs is 5. The van der Waals surface area contributed by atoms with E-state index in [0.717, 1.165) is 0 Å². The monoisotopic (exact) mass is 514 g/mol. The van der Waals surface area contributed by atoms with Crippen LogP contribution >= 0.6 is 0 Å². The molecule has 9 atom stereocenters. The molecule has 8 heteroatoms. The third-order valence-electron chi connectivity index (χ3n) is 10.3. The molecule has 3 unspecified atom stereocenters. The number of methoxy groups -OCH3 is 1. The smallest absolute Gasteiger partial charge is 0.338 e. The fourth-order valence-electron chi connectivity index (χ4n) is 7.91. The van der Waals surface area contributed by atoms with Gasteiger partial charge < -0.3 is 29.5 Å². The van der Waals surface area contributed by atoms with Crippen LogP contribution in [0.5, 0.6) is 0 Å². The van der Waals surface area contributed by atoms with Crippen LogP contribution < -0.4 is 0 Å². The summed E-state index contributed by atoms with van der Waals surface area (Å²) in [5.41, 5.74) is -3.77. The van der Waals surface area contributed by atoms with Gasteiger partial charge in [-0.15, -0.1) is 0 Å². The van der Waals surface area contributed by atoms with Crippen LogP contribution in [0.15, 0.2) is 41.5 Å². The van der Waals surface area contributed by atoms with Crippen molar-refractivity contribution in [2.75, 3.05) is 13.7 Å². The Morgan fingerprint density at radius 1 is 1.11 bits per heavy atom. The first-order valence-electron chi connectivity index (χ1n) is 13.0. The number of hydrogen-bond acceptors (Lipinski definition) is 8. The van der Waals surface area contributed by atoms with Crippen LogP contribution in [0.3, 0.4) is 0 Å². The van der Waals surface area contributed by atoms with Crippen molar-refractivity contribution in [3.05, 3.63) is 47.0 Å².